The number of hydrogen-bond acceptors (Lipinski definition) is 2. The smallest absolute Gasteiger partial charge is 0.314 e. The third-order valence-corrected chi connectivity index (χ3v) is 5.05. The molecule has 0 spiro atoms. The van der Waals surface area contributed by atoms with E-state index in [0.717, 1.165) is 24.9 Å². The topological polar surface area (TPSA) is 40.5 Å². The van der Waals surface area contributed by atoms with Crippen LogP contribution in [-0.2, 0) is 10.2 Å². The highest BCUT2D eigenvalue weighted by molar-refractivity contribution is 5.84. The minimum Gasteiger partial charge on any atom is -0.481 e. The van der Waals surface area contributed by atoms with Crippen LogP contribution in [0.3, 0.4) is 0 Å². The number of carboxylic acid groups (broad SMARTS) is 1. The van der Waals surface area contributed by atoms with Crippen molar-refractivity contribution in [2.75, 3.05) is 20.1 Å². The molecule has 1 N–H and O–H groups in total. The van der Waals surface area contributed by atoms with Crippen LogP contribution in [0.2, 0.25) is 0 Å². The Bertz CT molecular complexity index is 490. The number of carboxylic acids is 1. The molecule has 1 atom stereocenters. The lowest BCUT2D eigenvalue weighted by Gasteiger charge is -2.17. The molecule has 0 bridgehead atoms. The molecule has 2 fully saturated rings. The number of benzene rings is 1. The zero-order chi connectivity index (χ0) is 14.2. The first-order valence-electron chi connectivity index (χ1n) is 7.64. The first-order chi connectivity index (χ1) is 9.62. The van der Waals surface area contributed by atoms with Gasteiger partial charge in [0.25, 0.3) is 0 Å². The zero-order valence-electron chi connectivity index (χ0n) is 12.1. The van der Waals surface area contributed by atoms with Crippen molar-refractivity contribution >= 4 is 5.97 Å². The fourth-order valence-electron chi connectivity index (χ4n) is 3.40. The van der Waals surface area contributed by atoms with Crippen LogP contribution in [-0.4, -0.2) is 36.1 Å². The molecule has 20 heavy (non-hydrogen) atoms. The molecule has 1 aliphatic carbocycles. The van der Waals surface area contributed by atoms with Gasteiger partial charge in [0.15, 0.2) is 0 Å². The molecule has 1 unspecified atom stereocenters. The van der Waals surface area contributed by atoms with Crippen molar-refractivity contribution in [3.63, 3.8) is 0 Å². The van der Waals surface area contributed by atoms with Crippen molar-refractivity contribution in [3.8, 4) is 0 Å². The third kappa shape index (κ3) is 2.47. The van der Waals surface area contributed by atoms with Crippen molar-refractivity contribution in [2.24, 2.45) is 0 Å². The van der Waals surface area contributed by atoms with Crippen LogP contribution in [0.5, 0.6) is 0 Å². The van der Waals surface area contributed by atoms with Crippen molar-refractivity contribution in [3.05, 3.63) is 35.4 Å². The molecule has 1 saturated carbocycles. The highest BCUT2D eigenvalue weighted by atomic mass is 16.4. The lowest BCUT2D eigenvalue weighted by atomic mass is 9.89. The Morgan fingerprint density at radius 1 is 1.20 bits per heavy atom. The van der Waals surface area contributed by atoms with E-state index in [1.54, 1.807) is 0 Å². The maximum atomic E-state index is 11.3. The molecular weight excluding hydrogens is 250 g/mol. The summed E-state index contributed by atoms with van der Waals surface area (Å²) in [5, 5.41) is 9.34. The summed E-state index contributed by atoms with van der Waals surface area (Å²) in [5.74, 6) is -0.0321. The van der Waals surface area contributed by atoms with Crippen molar-refractivity contribution in [1.82, 2.24) is 4.90 Å². The molecule has 0 amide bonds. The van der Waals surface area contributed by atoms with Crippen molar-refractivity contribution in [2.45, 2.75) is 43.4 Å². The van der Waals surface area contributed by atoms with E-state index in [-0.39, 0.29) is 0 Å². The molecule has 1 aromatic rings. The quantitative estimate of drug-likeness (QED) is 0.920. The van der Waals surface area contributed by atoms with Gasteiger partial charge in [-0.25, -0.2) is 0 Å². The van der Waals surface area contributed by atoms with Gasteiger partial charge in [-0.05, 0) is 69.3 Å². The molecule has 1 aliphatic heterocycles. The summed E-state index contributed by atoms with van der Waals surface area (Å²) in [4.78, 5) is 13.7. The minimum absolute atomic E-state index is 0.567. The summed E-state index contributed by atoms with van der Waals surface area (Å²) in [6.07, 6.45) is 5.28. The minimum atomic E-state index is -0.665. The number of nitrogens with zero attached hydrogens (tertiary/aromatic N) is 1. The number of likely N-dealkylation sites (tertiary alicyclic amines) is 1. The van der Waals surface area contributed by atoms with E-state index in [4.69, 9.17) is 0 Å². The Morgan fingerprint density at radius 3 is 2.50 bits per heavy atom. The van der Waals surface area contributed by atoms with Crippen LogP contribution in [0.15, 0.2) is 24.3 Å². The molecule has 3 heteroatoms. The van der Waals surface area contributed by atoms with Gasteiger partial charge in [-0.3, -0.25) is 4.79 Å². The summed E-state index contributed by atoms with van der Waals surface area (Å²) in [6.45, 7) is 2.35. The molecule has 2 aliphatic rings. The number of carbonyl (C=O) groups is 1. The molecule has 1 saturated heterocycles. The molecule has 3 nitrogen and oxygen atoms in total. The third-order valence-electron chi connectivity index (χ3n) is 5.05. The molecule has 108 valence electrons. The van der Waals surface area contributed by atoms with Gasteiger partial charge in [-0.1, -0.05) is 24.3 Å². The average molecular weight is 273 g/mol. The predicted molar refractivity (Wildman–Crippen MR) is 79.1 cm³/mol. The lowest BCUT2D eigenvalue weighted by Crippen LogP contribution is -2.19. The molecule has 1 heterocycles. The molecule has 0 aromatic heterocycles. The second kappa shape index (κ2) is 5.21. The Kier molecular flexibility index (Phi) is 3.55. The van der Waals surface area contributed by atoms with E-state index in [1.165, 1.54) is 31.4 Å². The van der Waals surface area contributed by atoms with Gasteiger partial charge < -0.3 is 10.0 Å². The van der Waals surface area contributed by atoms with Gasteiger partial charge in [-0.15, -0.1) is 0 Å². The lowest BCUT2D eigenvalue weighted by molar-refractivity contribution is -0.140. The monoisotopic (exact) mass is 273 g/mol. The fourth-order valence-corrected chi connectivity index (χ4v) is 3.40. The maximum absolute atomic E-state index is 11.3. The highest BCUT2D eigenvalue weighted by Crippen LogP contribution is 2.48. The first kappa shape index (κ1) is 13.6. The summed E-state index contributed by atoms with van der Waals surface area (Å²) in [6, 6.07) is 8.42. The summed E-state index contributed by atoms with van der Waals surface area (Å²) >= 11 is 0. The Morgan fingerprint density at radius 2 is 1.90 bits per heavy atom. The Labute approximate surface area is 120 Å². The van der Waals surface area contributed by atoms with Crippen LogP contribution in [0.1, 0.15) is 49.1 Å². The summed E-state index contributed by atoms with van der Waals surface area (Å²) < 4.78 is 0. The van der Waals surface area contributed by atoms with Crippen LogP contribution in [0.4, 0.5) is 0 Å². The van der Waals surface area contributed by atoms with E-state index in [1.807, 2.05) is 12.1 Å². The number of aliphatic carboxylic acids is 1. The van der Waals surface area contributed by atoms with Crippen molar-refractivity contribution in [1.29, 1.82) is 0 Å². The standard InChI is InChI=1S/C17H23NO2/c1-18-11-2-3-13(8-12-18)14-4-6-15(7-5-14)17(9-10-17)16(19)20/h4-7,13H,2-3,8-12H2,1H3,(H,19,20). The fraction of sp³-hybridized carbons (Fsp3) is 0.588. The van der Waals surface area contributed by atoms with Gasteiger partial charge >= 0.3 is 5.97 Å². The van der Waals surface area contributed by atoms with Gasteiger partial charge in [0.1, 0.15) is 0 Å². The normalized spacial score (nSPS) is 25.9. The number of rotatable bonds is 3. The second-order valence-electron chi connectivity index (χ2n) is 6.44. The molecule has 0 radical (unpaired) electrons. The van der Waals surface area contributed by atoms with Gasteiger partial charge in [0, 0.05) is 0 Å². The Hall–Kier alpha value is -1.35. The van der Waals surface area contributed by atoms with Crippen LogP contribution < -0.4 is 0 Å². The number of hydrogen-bond donors (Lipinski definition) is 1. The SMILES string of the molecule is CN1CCCC(c2ccc(C3(C(=O)O)CC3)cc2)CC1. The van der Waals surface area contributed by atoms with Crippen LogP contribution >= 0.6 is 0 Å². The highest BCUT2D eigenvalue weighted by Gasteiger charge is 2.51. The van der Waals surface area contributed by atoms with E-state index in [9.17, 15) is 9.90 Å². The van der Waals surface area contributed by atoms with Crippen LogP contribution in [0.25, 0.3) is 0 Å². The summed E-state index contributed by atoms with van der Waals surface area (Å²) in [5.41, 5.74) is 1.80. The van der Waals surface area contributed by atoms with E-state index in [0.29, 0.717) is 5.92 Å². The van der Waals surface area contributed by atoms with E-state index >= 15 is 0 Å². The van der Waals surface area contributed by atoms with Gasteiger partial charge in [-0.2, -0.15) is 0 Å². The van der Waals surface area contributed by atoms with Crippen molar-refractivity contribution < 1.29 is 9.90 Å². The molecular formula is C17H23NO2. The zero-order valence-corrected chi connectivity index (χ0v) is 12.1. The van der Waals surface area contributed by atoms with E-state index in [2.05, 4.69) is 24.1 Å². The van der Waals surface area contributed by atoms with E-state index < -0.39 is 11.4 Å². The van der Waals surface area contributed by atoms with Crippen LogP contribution in [0, 0.1) is 0 Å². The predicted octanol–water partition coefficient (Wildman–Crippen LogP) is 3.00. The largest absolute Gasteiger partial charge is 0.481 e. The second-order valence-corrected chi connectivity index (χ2v) is 6.44. The van der Waals surface area contributed by atoms with Gasteiger partial charge in [0.2, 0.25) is 0 Å². The maximum Gasteiger partial charge on any atom is 0.314 e. The summed E-state index contributed by atoms with van der Waals surface area (Å²) in [7, 11) is 2.19. The molecule has 3 rings (SSSR count). The van der Waals surface area contributed by atoms with Gasteiger partial charge in [0.05, 0.1) is 5.41 Å². The Balaban J connectivity index is 1.75. The average Bonchev–Trinajstić information content (AvgIpc) is 3.24. The first-order valence-corrected chi connectivity index (χ1v) is 7.64. The molecule has 1 aromatic carbocycles.